The van der Waals surface area contributed by atoms with E-state index in [-0.39, 0.29) is 0 Å². The third kappa shape index (κ3) is 11.0. The van der Waals surface area contributed by atoms with E-state index in [9.17, 15) is 0 Å². The predicted octanol–water partition coefficient (Wildman–Crippen LogP) is 13.3. The summed E-state index contributed by atoms with van der Waals surface area (Å²) >= 11 is 0. The van der Waals surface area contributed by atoms with E-state index in [1.807, 2.05) is 31.2 Å². The fourth-order valence-corrected chi connectivity index (χ4v) is 5.24. The first-order chi connectivity index (χ1) is 23.1. The quantitative estimate of drug-likeness (QED) is 0.177. The van der Waals surface area contributed by atoms with Crippen LogP contribution in [0.5, 0.6) is 5.75 Å². The van der Waals surface area contributed by atoms with E-state index in [2.05, 4.69) is 170 Å². The molecule has 244 valence electrons. The van der Waals surface area contributed by atoms with Gasteiger partial charge in [-0.25, -0.2) is 0 Å². The maximum atomic E-state index is 5.26. The molecule has 0 unspecified atom stereocenters. The molecule has 48 heavy (non-hydrogen) atoms. The second-order valence-corrected chi connectivity index (χ2v) is 12.6. The molecule has 7 aromatic carbocycles. The van der Waals surface area contributed by atoms with Gasteiger partial charge in [0.05, 0.1) is 6.61 Å². The SMILES string of the molecule is CCOc1ccc(C)cc1.Cc1ccc(-c2ccc(C)cc2)cc1.Cc1ccc(C)cc1.Cc1ccc2c(ccc3cc(C)ccc32)c1. The zero-order valence-electron chi connectivity index (χ0n) is 30.0. The lowest BCUT2D eigenvalue weighted by Gasteiger charge is -2.05. The van der Waals surface area contributed by atoms with Gasteiger partial charge in [-0.3, -0.25) is 0 Å². The van der Waals surface area contributed by atoms with E-state index < -0.39 is 0 Å². The maximum absolute atomic E-state index is 5.26. The minimum atomic E-state index is 0.739. The molecule has 0 radical (unpaired) electrons. The molecule has 0 aliphatic rings. The van der Waals surface area contributed by atoms with Crippen molar-refractivity contribution in [3.05, 3.63) is 185 Å². The molecular formula is C47H50O. The first-order valence-electron chi connectivity index (χ1n) is 16.9. The van der Waals surface area contributed by atoms with Crippen molar-refractivity contribution in [2.24, 2.45) is 0 Å². The molecule has 0 saturated heterocycles. The summed E-state index contributed by atoms with van der Waals surface area (Å²) in [6.45, 7) is 17.5. The normalized spacial score (nSPS) is 10.2. The topological polar surface area (TPSA) is 9.23 Å². The molecule has 0 bridgehead atoms. The van der Waals surface area contributed by atoms with Crippen LogP contribution in [0, 0.1) is 48.5 Å². The molecule has 7 rings (SSSR count). The van der Waals surface area contributed by atoms with Gasteiger partial charge in [-0.1, -0.05) is 172 Å². The van der Waals surface area contributed by atoms with E-state index in [1.54, 1.807) is 0 Å². The zero-order chi connectivity index (χ0) is 34.5. The first kappa shape index (κ1) is 35.7. The Balaban J connectivity index is 0.000000150. The molecule has 0 atom stereocenters. The van der Waals surface area contributed by atoms with E-state index in [0.29, 0.717) is 0 Å². The Kier molecular flexibility index (Phi) is 13.2. The maximum Gasteiger partial charge on any atom is 0.119 e. The summed E-state index contributed by atoms with van der Waals surface area (Å²) in [5, 5.41) is 5.36. The fraction of sp³-hybridized carbons (Fsp3) is 0.191. The lowest BCUT2D eigenvalue weighted by molar-refractivity contribution is 0.340. The number of ether oxygens (including phenoxy) is 1. The van der Waals surface area contributed by atoms with Gasteiger partial charge in [0.25, 0.3) is 0 Å². The Bertz CT molecular complexity index is 1870. The number of benzene rings is 7. The Labute approximate surface area is 288 Å². The standard InChI is InChI=1S/C16H14.C14H14.C9H12O.C8H10/c1-11-3-7-15-13(9-11)5-6-14-10-12(2)4-8-16(14)15;1-11-3-7-13(8-4-11)14-9-5-12(2)6-10-14;1-3-10-9-6-4-8(2)5-7-9;1-7-3-5-8(2)6-4-7/h3-10H,1-2H3;3-10H,1-2H3;4-7H,3H2,1-2H3;3-6H,1-2H3. The summed E-state index contributed by atoms with van der Waals surface area (Å²) in [6, 6.07) is 51.5. The highest BCUT2D eigenvalue weighted by atomic mass is 16.5. The molecule has 0 saturated carbocycles. The Morgan fingerprint density at radius 3 is 0.958 bits per heavy atom. The zero-order valence-corrected chi connectivity index (χ0v) is 30.0. The summed E-state index contributed by atoms with van der Waals surface area (Å²) in [4.78, 5) is 0. The number of aryl methyl sites for hydroxylation is 7. The van der Waals surface area contributed by atoms with Crippen molar-refractivity contribution in [1.29, 1.82) is 0 Å². The van der Waals surface area contributed by atoms with Gasteiger partial charge in [0, 0.05) is 0 Å². The minimum Gasteiger partial charge on any atom is -0.494 e. The number of hydrogen-bond donors (Lipinski definition) is 0. The van der Waals surface area contributed by atoms with Crippen molar-refractivity contribution >= 4 is 21.5 Å². The van der Waals surface area contributed by atoms with Crippen LogP contribution in [0.4, 0.5) is 0 Å². The Morgan fingerprint density at radius 1 is 0.333 bits per heavy atom. The number of fused-ring (bicyclic) bond motifs is 3. The van der Waals surface area contributed by atoms with Crippen molar-refractivity contribution in [3.63, 3.8) is 0 Å². The summed E-state index contributed by atoms with van der Waals surface area (Å²) in [7, 11) is 0. The smallest absolute Gasteiger partial charge is 0.119 e. The third-order valence-electron chi connectivity index (χ3n) is 8.13. The van der Waals surface area contributed by atoms with Crippen LogP contribution in [0.1, 0.15) is 45.9 Å². The van der Waals surface area contributed by atoms with Gasteiger partial charge in [-0.15, -0.1) is 0 Å². The molecular weight excluding hydrogens is 581 g/mol. The second-order valence-electron chi connectivity index (χ2n) is 12.6. The van der Waals surface area contributed by atoms with E-state index in [0.717, 1.165) is 12.4 Å². The second kappa shape index (κ2) is 17.7. The fourth-order valence-electron chi connectivity index (χ4n) is 5.24. The van der Waals surface area contributed by atoms with Crippen LogP contribution in [0.3, 0.4) is 0 Å². The number of rotatable bonds is 3. The Morgan fingerprint density at radius 2 is 0.625 bits per heavy atom. The molecule has 0 aromatic heterocycles. The van der Waals surface area contributed by atoms with Crippen LogP contribution >= 0.6 is 0 Å². The average Bonchev–Trinajstić information content (AvgIpc) is 3.09. The Hall–Kier alpha value is -5.14. The molecule has 1 nitrogen and oxygen atoms in total. The molecule has 1 heteroatoms. The van der Waals surface area contributed by atoms with Crippen LogP contribution in [0.2, 0.25) is 0 Å². The van der Waals surface area contributed by atoms with Gasteiger partial charge >= 0.3 is 0 Å². The highest BCUT2D eigenvalue weighted by molar-refractivity contribution is 6.07. The molecule has 0 N–H and O–H groups in total. The molecule has 0 heterocycles. The van der Waals surface area contributed by atoms with Crippen LogP contribution in [0.25, 0.3) is 32.7 Å². The summed E-state index contributed by atoms with van der Waals surface area (Å²) < 4.78 is 5.26. The van der Waals surface area contributed by atoms with Crippen molar-refractivity contribution in [2.75, 3.05) is 6.61 Å². The third-order valence-corrected chi connectivity index (χ3v) is 8.13. The largest absolute Gasteiger partial charge is 0.494 e. The lowest BCUT2D eigenvalue weighted by atomic mass is 9.99. The van der Waals surface area contributed by atoms with E-state index in [1.165, 1.54) is 71.6 Å². The van der Waals surface area contributed by atoms with Gasteiger partial charge in [0.15, 0.2) is 0 Å². The highest BCUT2D eigenvalue weighted by Gasteiger charge is 2.00. The van der Waals surface area contributed by atoms with Gasteiger partial charge in [-0.2, -0.15) is 0 Å². The summed E-state index contributed by atoms with van der Waals surface area (Å²) in [5.74, 6) is 0.952. The number of hydrogen-bond acceptors (Lipinski definition) is 1. The van der Waals surface area contributed by atoms with Gasteiger partial charge in [-0.05, 0) is 100 Å². The van der Waals surface area contributed by atoms with Crippen molar-refractivity contribution in [1.82, 2.24) is 0 Å². The van der Waals surface area contributed by atoms with Crippen LogP contribution in [-0.4, -0.2) is 6.61 Å². The lowest BCUT2D eigenvalue weighted by Crippen LogP contribution is -1.90. The molecule has 0 aliphatic heterocycles. The summed E-state index contributed by atoms with van der Waals surface area (Å²) in [5.41, 5.74) is 11.8. The van der Waals surface area contributed by atoms with Gasteiger partial charge in [0.2, 0.25) is 0 Å². The van der Waals surface area contributed by atoms with Gasteiger partial charge in [0.1, 0.15) is 5.75 Å². The highest BCUT2D eigenvalue weighted by Crippen LogP contribution is 2.27. The predicted molar refractivity (Wildman–Crippen MR) is 211 cm³/mol. The van der Waals surface area contributed by atoms with Crippen molar-refractivity contribution < 1.29 is 4.74 Å². The minimum absolute atomic E-state index is 0.739. The van der Waals surface area contributed by atoms with E-state index >= 15 is 0 Å². The monoisotopic (exact) mass is 630 g/mol. The van der Waals surface area contributed by atoms with Crippen LogP contribution < -0.4 is 4.74 Å². The molecule has 0 fully saturated rings. The van der Waals surface area contributed by atoms with E-state index in [4.69, 9.17) is 4.74 Å². The molecule has 0 amide bonds. The van der Waals surface area contributed by atoms with Crippen molar-refractivity contribution in [2.45, 2.75) is 55.4 Å². The molecule has 7 aromatic rings. The van der Waals surface area contributed by atoms with Crippen molar-refractivity contribution in [3.8, 4) is 16.9 Å². The van der Waals surface area contributed by atoms with Crippen LogP contribution in [0.15, 0.2) is 146 Å². The molecule has 0 spiro atoms. The van der Waals surface area contributed by atoms with Crippen LogP contribution in [-0.2, 0) is 0 Å². The first-order valence-corrected chi connectivity index (χ1v) is 16.9. The summed E-state index contributed by atoms with van der Waals surface area (Å²) in [6.07, 6.45) is 0. The average molecular weight is 631 g/mol. The van der Waals surface area contributed by atoms with Gasteiger partial charge < -0.3 is 4.74 Å². The molecule has 0 aliphatic carbocycles.